The molecule has 0 bridgehead atoms. The number of anilines is 2. The Labute approximate surface area is 140 Å². The fourth-order valence-electron chi connectivity index (χ4n) is 2.59. The van der Waals surface area contributed by atoms with E-state index in [1.54, 1.807) is 13.8 Å². The lowest BCUT2D eigenvalue weighted by Crippen LogP contribution is -2.16. The number of allylic oxidation sites excluding steroid dienone is 3. The van der Waals surface area contributed by atoms with Crippen LogP contribution in [0, 0.1) is 20.8 Å². The standard InChI is InChI=1S/C18H21N5O/c1-9-6-7-14-13(5)20-17(21-15(14)8-10(9)2)23-18-19-12(4)11(3)16(24)22-18/h6,8H,7H2,1-5H3,(H2,19,20,21,22,23,24). The van der Waals surface area contributed by atoms with Gasteiger partial charge in [-0.15, -0.1) is 0 Å². The molecule has 0 unspecified atom stereocenters. The van der Waals surface area contributed by atoms with Crippen molar-refractivity contribution in [2.75, 3.05) is 5.32 Å². The maximum absolute atomic E-state index is 11.9. The summed E-state index contributed by atoms with van der Waals surface area (Å²) < 4.78 is 0. The number of aromatic nitrogens is 4. The molecule has 0 saturated carbocycles. The van der Waals surface area contributed by atoms with Crippen molar-refractivity contribution in [3.8, 4) is 0 Å². The number of hydrogen-bond acceptors (Lipinski definition) is 5. The minimum atomic E-state index is -0.160. The van der Waals surface area contributed by atoms with Gasteiger partial charge in [0.2, 0.25) is 11.9 Å². The number of H-pyrrole nitrogens is 1. The molecule has 0 fully saturated rings. The molecule has 6 heteroatoms. The molecular formula is C18H21N5O. The van der Waals surface area contributed by atoms with Crippen LogP contribution in [0.2, 0.25) is 0 Å². The Balaban J connectivity index is 2.02. The summed E-state index contributed by atoms with van der Waals surface area (Å²) >= 11 is 0. The molecule has 0 saturated heterocycles. The molecule has 3 rings (SSSR count). The van der Waals surface area contributed by atoms with Crippen molar-refractivity contribution < 1.29 is 0 Å². The van der Waals surface area contributed by atoms with E-state index in [1.165, 1.54) is 11.1 Å². The Morgan fingerprint density at radius 1 is 1.00 bits per heavy atom. The first-order valence-electron chi connectivity index (χ1n) is 7.92. The van der Waals surface area contributed by atoms with Gasteiger partial charge in [0.25, 0.3) is 5.56 Å². The van der Waals surface area contributed by atoms with E-state index in [2.05, 4.69) is 51.3 Å². The zero-order valence-corrected chi connectivity index (χ0v) is 14.6. The normalized spacial score (nSPS) is 13.7. The van der Waals surface area contributed by atoms with Crippen LogP contribution in [-0.2, 0) is 6.42 Å². The molecule has 0 radical (unpaired) electrons. The van der Waals surface area contributed by atoms with E-state index < -0.39 is 0 Å². The number of aromatic amines is 1. The maximum Gasteiger partial charge on any atom is 0.255 e. The highest BCUT2D eigenvalue weighted by molar-refractivity contribution is 5.62. The molecule has 1 aliphatic carbocycles. The monoisotopic (exact) mass is 323 g/mol. The first-order valence-corrected chi connectivity index (χ1v) is 7.92. The van der Waals surface area contributed by atoms with Crippen LogP contribution in [0.15, 0.2) is 22.0 Å². The van der Waals surface area contributed by atoms with Gasteiger partial charge < -0.3 is 0 Å². The van der Waals surface area contributed by atoms with E-state index in [0.29, 0.717) is 23.2 Å². The molecule has 24 heavy (non-hydrogen) atoms. The summed E-state index contributed by atoms with van der Waals surface area (Å²) in [5, 5.41) is 3.02. The summed E-state index contributed by atoms with van der Waals surface area (Å²) in [5.41, 5.74) is 6.52. The Morgan fingerprint density at radius 3 is 2.46 bits per heavy atom. The van der Waals surface area contributed by atoms with Gasteiger partial charge in [0.05, 0.1) is 5.69 Å². The molecule has 0 amide bonds. The van der Waals surface area contributed by atoms with Crippen molar-refractivity contribution in [3.05, 3.63) is 55.8 Å². The molecule has 2 aromatic rings. The van der Waals surface area contributed by atoms with E-state index in [4.69, 9.17) is 0 Å². The van der Waals surface area contributed by atoms with Crippen LogP contribution in [0.4, 0.5) is 11.9 Å². The third-order valence-electron chi connectivity index (χ3n) is 4.46. The van der Waals surface area contributed by atoms with Crippen molar-refractivity contribution in [3.63, 3.8) is 0 Å². The zero-order chi connectivity index (χ0) is 17.4. The lowest BCUT2D eigenvalue weighted by molar-refractivity contribution is 0.989. The molecule has 0 aliphatic heterocycles. The van der Waals surface area contributed by atoms with Gasteiger partial charge in [0.1, 0.15) is 0 Å². The summed E-state index contributed by atoms with van der Waals surface area (Å²) in [4.78, 5) is 28.0. The lowest BCUT2D eigenvalue weighted by atomic mass is 10.1. The van der Waals surface area contributed by atoms with Crippen molar-refractivity contribution >= 4 is 18.0 Å². The predicted molar refractivity (Wildman–Crippen MR) is 95.5 cm³/mol. The SMILES string of the molecule is CC1=CCc2c(C)nc(Nc3nc(C)c(C)c(=O)[nH]3)nc2C=C1C. The summed E-state index contributed by atoms with van der Waals surface area (Å²) in [5.74, 6) is 0.785. The van der Waals surface area contributed by atoms with Crippen LogP contribution in [-0.4, -0.2) is 19.9 Å². The van der Waals surface area contributed by atoms with Crippen molar-refractivity contribution in [2.45, 2.75) is 41.0 Å². The number of fused-ring (bicyclic) bond motifs is 1. The average Bonchev–Trinajstić information content (AvgIpc) is 2.64. The molecule has 0 atom stereocenters. The van der Waals surface area contributed by atoms with Crippen LogP contribution in [0.5, 0.6) is 0 Å². The van der Waals surface area contributed by atoms with Crippen LogP contribution in [0.25, 0.3) is 6.08 Å². The van der Waals surface area contributed by atoms with Crippen molar-refractivity contribution in [1.29, 1.82) is 0 Å². The topological polar surface area (TPSA) is 83.6 Å². The number of rotatable bonds is 2. The smallest absolute Gasteiger partial charge is 0.255 e. The van der Waals surface area contributed by atoms with Gasteiger partial charge in [-0.25, -0.2) is 15.0 Å². The summed E-state index contributed by atoms with van der Waals surface area (Å²) in [6.45, 7) is 9.70. The van der Waals surface area contributed by atoms with Gasteiger partial charge in [0, 0.05) is 22.5 Å². The van der Waals surface area contributed by atoms with Crippen LogP contribution in [0.3, 0.4) is 0 Å². The second kappa shape index (κ2) is 6.03. The predicted octanol–water partition coefficient (Wildman–Crippen LogP) is 3.13. The van der Waals surface area contributed by atoms with E-state index in [0.717, 1.165) is 23.4 Å². The molecule has 1 aliphatic rings. The van der Waals surface area contributed by atoms with Gasteiger partial charge >= 0.3 is 0 Å². The van der Waals surface area contributed by atoms with Gasteiger partial charge in [-0.1, -0.05) is 11.6 Å². The molecule has 2 heterocycles. The van der Waals surface area contributed by atoms with Gasteiger partial charge in [-0.2, -0.15) is 0 Å². The summed E-state index contributed by atoms with van der Waals surface area (Å²) in [7, 11) is 0. The molecule has 0 aromatic carbocycles. The average molecular weight is 323 g/mol. The van der Waals surface area contributed by atoms with Crippen LogP contribution >= 0.6 is 0 Å². The third-order valence-corrected chi connectivity index (χ3v) is 4.46. The highest BCUT2D eigenvalue weighted by atomic mass is 16.1. The third kappa shape index (κ3) is 2.99. The minimum Gasteiger partial charge on any atom is -0.294 e. The Morgan fingerprint density at radius 2 is 1.75 bits per heavy atom. The fourth-order valence-corrected chi connectivity index (χ4v) is 2.59. The largest absolute Gasteiger partial charge is 0.294 e. The molecule has 0 spiro atoms. The number of aryl methyl sites for hydroxylation is 2. The Bertz CT molecular complexity index is 937. The van der Waals surface area contributed by atoms with E-state index in [-0.39, 0.29) is 5.56 Å². The fraction of sp³-hybridized carbons (Fsp3) is 0.333. The summed E-state index contributed by atoms with van der Waals surface area (Å²) in [6, 6.07) is 0. The van der Waals surface area contributed by atoms with Gasteiger partial charge in [-0.3, -0.25) is 15.1 Å². The van der Waals surface area contributed by atoms with Crippen molar-refractivity contribution in [2.24, 2.45) is 0 Å². The minimum absolute atomic E-state index is 0.160. The zero-order valence-electron chi connectivity index (χ0n) is 14.6. The second-order valence-electron chi connectivity index (χ2n) is 6.16. The Hall–Kier alpha value is -2.76. The van der Waals surface area contributed by atoms with Crippen molar-refractivity contribution in [1.82, 2.24) is 19.9 Å². The first-order chi connectivity index (χ1) is 11.3. The quantitative estimate of drug-likeness (QED) is 0.887. The molecule has 2 aromatic heterocycles. The number of hydrogen-bond donors (Lipinski definition) is 2. The van der Waals surface area contributed by atoms with E-state index >= 15 is 0 Å². The molecule has 6 nitrogen and oxygen atoms in total. The van der Waals surface area contributed by atoms with E-state index in [9.17, 15) is 4.79 Å². The first kappa shape index (κ1) is 16.1. The lowest BCUT2D eigenvalue weighted by Gasteiger charge is -2.11. The van der Waals surface area contributed by atoms with Gasteiger partial charge in [-0.05, 0) is 52.7 Å². The summed E-state index contributed by atoms with van der Waals surface area (Å²) in [6.07, 6.45) is 5.09. The molecule has 2 N–H and O–H groups in total. The maximum atomic E-state index is 11.9. The molecular weight excluding hydrogens is 302 g/mol. The van der Waals surface area contributed by atoms with Gasteiger partial charge in [0.15, 0.2) is 0 Å². The van der Waals surface area contributed by atoms with Crippen LogP contribution < -0.4 is 10.9 Å². The highest BCUT2D eigenvalue weighted by Gasteiger charge is 2.14. The van der Waals surface area contributed by atoms with Crippen LogP contribution in [0.1, 0.15) is 42.1 Å². The highest BCUT2D eigenvalue weighted by Crippen LogP contribution is 2.24. The molecule has 124 valence electrons. The van der Waals surface area contributed by atoms with E-state index in [1.807, 2.05) is 6.92 Å². The second-order valence-corrected chi connectivity index (χ2v) is 6.16. The number of nitrogens with one attached hydrogen (secondary N) is 2. The number of nitrogens with zero attached hydrogens (tertiary/aromatic N) is 3. The Kier molecular flexibility index (Phi) is 4.05.